The molecule has 8 heteroatoms. The van der Waals surface area contributed by atoms with Crippen molar-refractivity contribution in [2.75, 3.05) is 19.8 Å². The lowest BCUT2D eigenvalue weighted by atomic mass is 10.2. The predicted molar refractivity (Wildman–Crippen MR) is 70.8 cm³/mol. The zero-order chi connectivity index (χ0) is 14.5. The van der Waals surface area contributed by atoms with Gasteiger partial charge in [-0.25, -0.2) is 9.42 Å². The lowest BCUT2D eigenvalue weighted by Gasteiger charge is -2.11. The molecule has 0 aliphatic rings. The summed E-state index contributed by atoms with van der Waals surface area (Å²) >= 11 is 0. The van der Waals surface area contributed by atoms with Crippen LogP contribution in [-0.2, 0) is 4.84 Å². The summed E-state index contributed by atoms with van der Waals surface area (Å²) in [6.45, 7) is 0. The maximum Gasteiger partial charge on any atom is 0.365 e. The summed E-state index contributed by atoms with van der Waals surface area (Å²) in [6, 6.07) is 8.50. The number of amidine groups is 1. The number of nitrogens with zero attached hydrogens (tertiary/aromatic N) is 4. The van der Waals surface area contributed by atoms with Crippen LogP contribution < -0.4 is 5.73 Å². The molecule has 0 aliphatic heterocycles. The van der Waals surface area contributed by atoms with Crippen molar-refractivity contribution in [3.8, 4) is 0 Å². The minimum atomic E-state index is -0.583. The van der Waals surface area contributed by atoms with Gasteiger partial charge in [0, 0.05) is 14.1 Å². The number of rotatable bonds is 3. The molecule has 0 bridgehead atoms. The van der Waals surface area contributed by atoms with E-state index in [1.54, 1.807) is 49.3 Å². The normalized spacial score (nSPS) is 11.2. The molecule has 0 unspecified atom stereocenters. The Balaban J connectivity index is 2.19. The number of nitrogens with two attached hydrogens (primary N) is 1. The van der Waals surface area contributed by atoms with Crippen LogP contribution in [0.2, 0.25) is 0 Å². The third-order valence-corrected chi connectivity index (χ3v) is 2.37. The minimum absolute atomic E-state index is 0.0632. The average molecular weight is 275 g/mol. The molecular formula is C12H13N5O3. The minimum Gasteiger partial charge on any atom is -0.379 e. The summed E-state index contributed by atoms with van der Waals surface area (Å²) in [5.74, 6) is -0.291. The van der Waals surface area contributed by atoms with E-state index in [2.05, 4.69) is 20.1 Å². The largest absolute Gasteiger partial charge is 0.379 e. The number of nitrogen functional groups attached to an aromatic ring is 1. The van der Waals surface area contributed by atoms with Gasteiger partial charge < -0.3 is 15.5 Å². The lowest BCUT2D eigenvalue weighted by Crippen LogP contribution is -2.25. The first-order chi connectivity index (χ1) is 9.59. The number of oxime groups is 1. The fourth-order valence-corrected chi connectivity index (χ4v) is 1.40. The molecule has 104 valence electrons. The van der Waals surface area contributed by atoms with Gasteiger partial charge in [0.25, 0.3) is 0 Å². The maximum absolute atomic E-state index is 11.8. The maximum atomic E-state index is 11.8. The monoisotopic (exact) mass is 275 g/mol. The quantitative estimate of drug-likeness (QED) is 0.381. The van der Waals surface area contributed by atoms with Gasteiger partial charge in [0.2, 0.25) is 5.84 Å². The molecule has 0 atom stereocenters. The van der Waals surface area contributed by atoms with Gasteiger partial charge in [-0.2, -0.15) is 0 Å². The number of carbonyl (C=O) groups excluding carboxylic acids is 1. The van der Waals surface area contributed by atoms with Gasteiger partial charge in [-0.1, -0.05) is 23.4 Å². The molecule has 2 N–H and O–H groups in total. The van der Waals surface area contributed by atoms with Crippen molar-refractivity contribution in [2.24, 2.45) is 5.16 Å². The predicted octanol–water partition coefficient (Wildman–Crippen LogP) is 0.732. The molecule has 2 rings (SSSR count). The molecule has 0 radical (unpaired) electrons. The molecular weight excluding hydrogens is 262 g/mol. The molecule has 2 aromatic rings. The van der Waals surface area contributed by atoms with Gasteiger partial charge in [-0.3, -0.25) is 0 Å². The zero-order valence-electron chi connectivity index (χ0n) is 11.0. The molecule has 0 saturated carbocycles. The first-order valence-electron chi connectivity index (χ1n) is 5.69. The highest BCUT2D eigenvalue weighted by Crippen LogP contribution is 2.09. The van der Waals surface area contributed by atoms with Crippen LogP contribution >= 0.6 is 0 Å². The zero-order valence-corrected chi connectivity index (χ0v) is 11.0. The fraction of sp³-hybridized carbons (Fsp3) is 0.167. The Bertz CT molecular complexity index is 621. The molecule has 0 fully saturated rings. The second-order valence-electron chi connectivity index (χ2n) is 4.05. The van der Waals surface area contributed by atoms with E-state index in [1.807, 2.05) is 0 Å². The van der Waals surface area contributed by atoms with Gasteiger partial charge in [-0.15, -0.1) is 0 Å². The van der Waals surface area contributed by atoms with E-state index in [4.69, 9.17) is 10.6 Å². The van der Waals surface area contributed by atoms with Gasteiger partial charge >= 0.3 is 5.97 Å². The molecule has 0 aliphatic carbocycles. The van der Waals surface area contributed by atoms with Crippen molar-refractivity contribution in [1.82, 2.24) is 15.2 Å². The fourth-order valence-electron chi connectivity index (χ4n) is 1.40. The second kappa shape index (κ2) is 5.83. The molecule has 0 saturated heterocycles. The van der Waals surface area contributed by atoms with Gasteiger partial charge in [0.1, 0.15) is 0 Å². The van der Waals surface area contributed by atoms with E-state index >= 15 is 0 Å². The van der Waals surface area contributed by atoms with Crippen molar-refractivity contribution in [3.05, 3.63) is 41.6 Å². The average Bonchev–Trinajstić information content (AvgIpc) is 2.86. The van der Waals surface area contributed by atoms with Crippen molar-refractivity contribution < 1.29 is 14.3 Å². The second-order valence-corrected chi connectivity index (χ2v) is 4.05. The first-order valence-corrected chi connectivity index (χ1v) is 5.69. The van der Waals surface area contributed by atoms with Crippen LogP contribution in [0, 0.1) is 0 Å². The van der Waals surface area contributed by atoms with E-state index in [0.29, 0.717) is 5.56 Å². The Morgan fingerprint density at radius 3 is 2.55 bits per heavy atom. The first kappa shape index (κ1) is 13.5. The van der Waals surface area contributed by atoms with Crippen molar-refractivity contribution in [2.45, 2.75) is 0 Å². The van der Waals surface area contributed by atoms with E-state index in [1.165, 1.54) is 0 Å². The molecule has 0 amide bonds. The van der Waals surface area contributed by atoms with E-state index < -0.39 is 5.97 Å². The van der Waals surface area contributed by atoms with Crippen LogP contribution in [0.3, 0.4) is 0 Å². The molecule has 8 nitrogen and oxygen atoms in total. The summed E-state index contributed by atoms with van der Waals surface area (Å²) < 4.78 is 4.49. The van der Waals surface area contributed by atoms with E-state index in [-0.39, 0.29) is 17.3 Å². The Hall–Kier alpha value is -2.90. The number of anilines is 1. The van der Waals surface area contributed by atoms with Crippen LogP contribution in [0.1, 0.15) is 16.1 Å². The smallest absolute Gasteiger partial charge is 0.365 e. The number of carbonyl (C=O) groups is 1. The van der Waals surface area contributed by atoms with Crippen LogP contribution in [0.25, 0.3) is 0 Å². The van der Waals surface area contributed by atoms with Gasteiger partial charge in [-0.05, 0) is 22.4 Å². The summed E-state index contributed by atoms with van der Waals surface area (Å²) in [4.78, 5) is 18.2. The summed E-state index contributed by atoms with van der Waals surface area (Å²) in [5.41, 5.74) is 6.18. The molecule has 20 heavy (non-hydrogen) atoms. The third-order valence-electron chi connectivity index (χ3n) is 2.37. The van der Waals surface area contributed by atoms with Crippen molar-refractivity contribution >= 4 is 17.6 Å². The molecule has 1 heterocycles. The number of hydrogen-bond donors (Lipinski definition) is 1. The topological polar surface area (TPSA) is 107 Å². The number of hydrogen-bond acceptors (Lipinski definition) is 7. The van der Waals surface area contributed by atoms with Crippen molar-refractivity contribution in [3.63, 3.8) is 0 Å². The van der Waals surface area contributed by atoms with Gasteiger partial charge in [0.15, 0.2) is 11.5 Å². The van der Waals surface area contributed by atoms with Crippen LogP contribution in [0.4, 0.5) is 5.82 Å². The highest BCUT2D eigenvalue weighted by molar-refractivity contribution is 6.00. The van der Waals surface area contributed by atoms with Crippen LogP contribution in [0.5, 0.6) is 0 Å². The van der Waals surface area contributed by atoms with Crippen LogP contribution in [-0.4, -0.2) is 41.1 Å². The third kappa shape index (κ3) is 2.91. The highest BCUT2D eigenvalue weighted by Gasteiger charge is 2.18. The molecule has 1 aromatic carbocycles. The molecule has 1 aromatic heterocycles. The SMILES string of the molecule is CN(C)/C(=N/OC(=O)c1ccccc1)c1nonc1N. The Kier molecular flexibility index (Phi) is 3.94. The Morgan fingerprint density at radius 1 is 1.30 bits per heavy atom. The number of benzene rings is 1. The number of aromatic nitrogens is 2. The highest BCUT2D eigenvalue weighted by atomic mass is 16.7. The summed E-state index contributed by atoms with van der Waals surface area (Å²) in [6.07, 6.45) is 0. The lowest BCUT2D eigenvalue weighted by molar-refractivity contribution is 0.0511. The van der Waals surface area contributed by atoms with Crippen molar-refractivity contribution in [1.29, 1.82) is 0 Å². The summed E-state index contributed by atoms with van der Waals surface area (Å²) in [5, 5.41) is 10.8. The van der Waals surface area contributed by atoms with E-state index in [0.717, 1.165) is 0 Å². The van der Waals surface area contributed by atoms with Gasteiger partial charge in [0.05, 0.1) is 5.56 Å². The molecule has 0 spiro atoms. The van der Waals surface area contributed by atoms with E-state index in [9.17, 15) is 4.79 Å². The van der Waals surface area contributed by atoms with Crippen LogP contribution in [0.15, 0.2) is 40.1 Å². The Morgan fingerprint density at radius 2 is 2.00 bits per heavy atom. The summed E-state index contributed by atoms with van der Waals surface area (Å²) in [7, 11) is 3.40. The Labute approximate surface area is 114 Å². The standard InChI is InChI=1S/C12H13N5O3/c1-17(2)11(9-10(13)15-20-14-9)16-19-12(18)8-6-4-3-5-7-8/h3-7H,1-2H3,(H2,13,15)/b16-11+.